The zero-order valence-corrected chi connectivity index (χ0v) is 12.0. The van der Waals surface area contributed by atoms with Crippen molar-refractivity contribution in [2.75, 3.05) is 0 Å². The Balaban J connectivity index is 3.15. The van der Waals surface area contributed by atoms with Gasteiger partial charge in [0.15, 0.2) is 2.14 Å². The van der Waals surface area contributed by atoms with Gasteiger partial charge in [0.2, 0.25) is 0 Å². The van der Waals surface area contributed by atoms with Crippen LogP contribution in [0.1, 0.15) is 5.69 Å². The molecule has 1 aromatic rings. The summed E-state index contributed by atoms with van der Waals surface area (Å²) >= 11 is 15.3. The minimum absolute atomic E-state index is 0.750. The predicted octanol–water partition coefficient (Wildman–Crippen LogP) is 2.87. The number of aryl methyl sites for hydroxylation is 1. The van der Waals surface area contributed by atoms with E-state index in [-0.39, 0.29) is 0 Å². The molecule has 1 N–H and O–H groups in total. The quantitative estimate of drug-likeness (QED) is 0.741. The molecule has 0 spiro atoms. The SMILES string of the molecule is Cc1ccnn1C(O)(Cl)C(Br)(Br)Br. The van der Waals surface area contributed by atoms with E-state index >= 15 is 0 Å². The molecule has 1 atom stereocenters. The maximum absolute atomic E-state index is 9.92. The number of halogens is 4. The molecule has 13 heavy (non-hydrogen) atoms. The Morgan fingerprint density at radius 3 is 2.38 bits per heavy atom. The van der Waals surface area contributed by atoms with E-state index in [1.807, 2.05) is 0 Å². The van der Waals surface area contributed by atoms with Crippen molar-refractivity contribution in [1.82, 2.24) is 9.78 Å². The first-order valence-electron chi connectivity index (χ1n) is 3.26. The van der Waals surface area contributed by atoms with Crippen LogP contribution in [0.3, 0.4) is 0 Å². The first kappa shape index (κ1) is 12.0. The highest BCUT2D eigenvalue weighted by molar-refractivity contribution is 9.39. The topological polar surface area (TPSA) is 38.0 Å². The van der Waals surface area contributed by atoms with Gasteiger partial charge in [0, 0.05) is 11.9 Å². The van der Waals surface area contributed by atoms with Crippen molar-refractivity contribution in [2.45, 2.75) is 14.3 Å². The zero-order valence-electron chi connectivity index (χ0n) is 6.51. The second kappa shape index (κ2) is 3.81. The molecule has 0 aromatic carbocycles. The van der Waals surface area contributed by atoms with E-state index in [9.17, 15) is 5.11 Å². The minimum atomic E-state index is -1.72. The van der Waals surface area contributed by atoms with E-state index in [1.165, 1.54) is 4.68 Å². The van der Waals surface area contributed by atoms with Crippen LogP contribution in [-0.4, -0.2) is 17.0 Å². The molecule has 0 saturated carbocycles. The molecule has 1 aromatic heterocycles. The number of aliphatic hydroxyl groups is 1. The largest absolute Gasteiger partial charge is 0.355 e. The lowest BCUT2D eigenvalue weighted by Gasteiger charge is -2.30. The van der Waals surface area contributed by atoms with Crippen molar-refractivity contribution >= 4 is 59.4 Å². The molecule has 0 saturated heterocycles. The van der Waals surface area contributed by atoms with E-state index in [0.717, 1.165) is 5.69 Å². The van der Waals surface area contributed by atoms with Gasteiger partial charge in [-0.15, -0.1) is 0 Å². The molecule has 1 unspecified atom stereocenters. The van der Waals surface area contributed by atoms with Crippen LogP contribution in [0.4, 0.5) is 0 Å². The minimum Gasteiger partial charge on any atom is -0.355 e. The van der Waals surface area contributed by atoms with Crippen molar-refractivity contribution in [1.29, 1.82) is 0 Å². The Labute approximate surface area is 106 Å². The Morgan fingerprint density at radius 2 is 2.08 bits per heavy atom. The van der Waals surface area contributed by atoms with Gasteiger partial charge in [-0.3, -0.25) is 0 Å². The summed E-state index contributed by atoms with van der Waals surface area (Å²) in [4.78, 5) is 0. The fourth-order valence-electron chi connectivity index (χ4n) is 0.800. The summed E-state index contributed by atoms with van der Waals surface area (Å²) in [5.41, 5.74) is 0.750. The van der Waals surface area contributed by atoms with Gasteiger partial charge >= 0.3 is 0 Å². The first-order chi connectivity index (χ1) is 5.77. The van der Waals surface area contributed by atoms with Crippen LogP contribution in [-0.2, 0) is 5.18 Å². The summed E-state index contributed by atoms with van der Waals surface area (Å²) < 4.78 is 0.255. The van der Waals surface area contributed by atoms with Crippen molar-refractivity contribution in [3.05, 3.63) is 18.0 Å². The van der Waals surface area contributed by atoms with Crippen LogP contribution in [0.15, 0.2) is 12.3 Å². The summed E-state index contributed by atoms with van der Waals surface area (Å²) in [6, 6.07) is 1.74. The maximum Gasteiger partial charge on any atom is 0.271 e. The number of aromatic nitrogens is 2. The Bertz CT molecular complexity index is 307. The van der Waals surface area contributed by atoms with Gasteiger partial charge < -0.3 is 5.11 Å². The molecule has 0 aliphatic heterocycles. The van der Waals surface area contributed by atoms with Crippen molar-refractivity contribution in [3.8, 4) is 0 Å². The van der Waals surface area contributed by atoms with Gasteiger partial charge in [-0.25, -0.2) is 4.68 Å². The first-order valence-corrected chi connectivity index (χ1v) is 6.01. The van der Waals surface area contributed by atoms with Crippen LogP contribution in [0.2, 0.25) is 0 Å². The average Bonchev–Trinajstić information content (AvgIpc) is 2.32. The number of hydrogen-bond donors (Lipinski definition) is 1. The second-order valence-corrected chi connectivity index (χ2v) is 9.76. The van der Waals surface area contributed by atoms with Gasteiger partial charge in [-0.2, -0.15) is 5.10 Å². The van der Waals surface area contributed by atoms with Gasteiger partial charge in [0.25, 0.3) is 5.18 Å². The molecule has 0 aliphatic carbocycles. The Morgan fingerprint density at radius 1 is 1.54 bits per heavy atom. The molecule has 0 aliphatic rings. The lowest BCUT2D eigenvalue weighted by atomic mass is 10.5. The van der Waals surface area contributed by atoms with Crippen LogP contribution in [0, 0.1) is 6.92 Å². The van der Waals surface area contributed by atoms with Crippen molar-refractivity contribution < 1.29 is 5.11 Å². The summed E-state index contributed by atoms with van der Waals surface area (Å²) in [6.07, 6.45) is 1.56. The summed E-state index contributed by atoms with van der Waals surface area (Å²) in [5.74, 6) is 0. The average molecular weight is 397 g/mol. The summed E-state index contributed by atoms with van der Waals surface area (Å²) in [6.45, 7) is 1.79. The summed E-state index contributed by atoms with van der Waals surface area (Å²) in [5, 5.41) is 12.1. The lowest BCUT2D eigenvalue weighted by Crippen LogP contribution is -2.40. The Kier molecular flexibility index (Phi) is 3.51. The normalized spacial score (nSPS) is 17.1. The molecular weight excluding hydrogens is 391 g/mol. The number of alkyl halides is 4. The molecular formula is C6H6Br3ClN2O. The van der Waals surface area contributed by atoms with Crippen molar-refractivity contribution in [3.63, 3.8) is 0 Å². The Hall–Kier alpha value is 0.900. The van der Waals surface area contributed by atoms with E-state index < -0.39 is 7.33 Å². The molecule has 3 nitrogen and oxygen atoms in total. The van der Waals surface area contributed by atoms with Gasteiger partial charge in [0.1, 0.15) is 0 Å². The smallest absolute Gasteiger partial charge is 0.271 e. The predicted molar refractivity (Wildman–Crippen MR) is 62.5 cm³/mol. The van der Waals surface area contributed by atoms with E-state index in [0.29, 0.717) is 0 Å². The second-order valence-electron chi connectivity index (χ2n) is 2.47. The standard InChI is InChI=1S/C6H6Br3ClN2O/c1-4-2-3-11-12(4)6(10,13)5(7,8)9/h2-3,13H,1H3. The molecule has 1 heterocycles. The number of nitrogens with zero attached hydrogens (tertiary/aromatic N) is 2. The monoisotopic (exact) mass is 394 g/mol. The van der Waals surface area contributed by atoms with Gasteiger partial charge in [-0.1, -0.05) is 59.4 Å². The van der Waals surface area contributed by atoms with Crippen LogP contribution < -0.4 is 0 Å². The van der Waals surface area contributed by atoms with E-state index in [2.05, 4.69) is 52.9 Å². The molecule has 74 valence electrons. The molecule has 7 heteroatoms. The molecule has 0 amide bonds. The molecule has 0 radical (unpaired) electrons. The fraction of sp³-hybridized carbons (Fsp3) is 0.500. The summed E-state index contributed by atoms with van der Waals surface area (Å²) in [7, 11) is 0. The highest BCUT2D eigenvalue weighted by Crippen LogP contribution is 2.49. The number of rotatable bonds is 1. The number of hydrogen-bond acceptors (Lipinski definition) is 2. The van der Waals surface area contributed by atoms with Crippen molar-refractivity contribution in [2.24, 2.45) is 0 Å². The fourth-order valence-corrected chi connectivity index (χ4v) is 1.48. The van der Waals surface area contributed by atoms with Crippen LogP contribution in [0.25, 0.3) is 0 Å². The van der Waals surface area contributed by atoms with Gasteiger partial charge in [-0.05, 0) is 13.0 Å². The zero-order chi connectivity index (χ0) is 10.3. The van der Waals surface area contributed by atoms with E-state index in [1.54, 1.807) is 19.2 Å². The highest BCUT2D eigenvalue weighted by Gasteiger charge is 2.47. The maximum atomic E-state index is 9.92. The molecule has 1 rings (SSSR count). The third-order valence-corrected chi connectivity index (χ3v) is 4.26. The molecule has 0 bridgehead atoms. The van der Waals surface area contributed by atoms with Gasteiger partial charge in [0.05, 0.1) is 0 Å². The van der Waals surface area contributed by atoms with Crippen LogP contribution in [0.5, 0.6) is 0 Å². The lowest BCUT2D eigenvalue weighted by molar-refractivity contribution is 0.0521. The molecule has 0 fully saturated rings. The van der Waals surface area contributed by atoms with Crippen LogP contribution >= 0.6 is 59.4 Å². The third kappa shape index (κ3) is 2.28. The highest BCUT2D eigenvalue weighted by atomic mass is 80.0. The van der Waals surface area contributed by atoms with E-state index in [4.69, 9.17) is 11.6 Å². The third-order valence-electron chi connectivity index (χ3n) is 1.47.